The molecule has 0 N–H and O–H groups in total. The van der Waals surface area contributed by atoms with Crippen molar-refractivity contribution >= 4 is 0 Å². The lowest BCUT2D eigenvalue weighted by Gasteiger charge is -2.13. The fraction of sp³-hybridized carbons (Fsp3) is 1.00. The molecule has 0 nitrogen and oxygen atoms in total. The average molecular weight is 425 g/mol. The second-order valence-corrected chi connectivity index (χ2v) is 11.7. The minimum atomic E-state index is 0.886. The fourth-order valence-corrected chi connectivity index (χ4v) is 4.08. The first-order chi connectivity index (χ1) is 14.1. The molecular weight excluding hydrogens is 360 g/mol. The summed E-state index contributed by atoms with van der Waals surface area (Å²) in [6.07, 6.45) is 19.9. The maximum absolute atomic E-state index is 2.43. The van der Waals surface area contributed by atoms with Crippen LogP contribution in [-0.4, -0.2) is 0 Å². The zero-order chi connectivity index (χ0) is 23.4. The van der Waals surface area contributed by atoms with Crippen LogP contribution < -0.4 is 0 Å². The number of hydrogen-bond donors (Lipinski definition) is 0. The van der Waals surface area contributed by atoms with Crippen LogP contribution in [0.4, 0.5) is 0 Å². The summed E-state index contributed by atoms with van der Waals surface area (Å²) >= 11 is 0. The van der Waals surface area contributed by atoms with Crippen LogP contribution in [0.25, 0.3) is 0 Å². The van der Waals surface area contributed by atoms with Crippen LogP contribution in [0, 0.1) is 35.5 Å². The van der Waals surface area contributed by atoms with E-state index in [1.54, 1.807) is 0 Å². The Morgan fingerprint density at radius 2 is 0.567 bits per heavy atom. The van der Waals surface area contributed by atoms with Crippen LogP contribution in [0.2, 0.25) is 0 Å². The molecule has 0 amide bonds. The SMILES string of the molecule is CCC(C)CCCC(C)CCCC(C)C.CCC(C)CCCC(C)CCCC(C)C. The maximum atomic E-state index is 2.43. The van der Waals surface area contributed by atoms with E-state index in [9.17, 15) is 0 Å². The van der Waals surface area contributed by atoms with Crippen molar-refractivity contribution in [3.8, 4) is 0 Å². The monoisotopic (exact) mass is 425 g/mol. The fourth-order valence-electron chi connectivity index (χ4n) is 4.08. The van der Waals surface area contributed by atoms with E-state index in [2.05, 4.69) is 69.2 Å². The Labute approximate surface area is 194 Å². The first-order valence-corrected chi connectivity index (χ1v) is 14.1. The van der Waals surface area contributed by atoms with Gasteiger partial charge in [-0.05, 0) is 35.5 Å². The van der Waals surface area contributed by atoms with Gasteiger partial charge in [0.25, 0.3) is 0 Å². The largest absolute Gasteiger partial charge is 0.0651 e. The standard InChI is InChI=1S/2C15H32/c2*1-6-14(4)10-8-12-15(5)11-7-9-13(2)3/h2*13-15H,6-12H2,1-5H3. The lowest BCUT2D eigenvalue weighted by Crippen LogP contribution is -1.99. The molecule has 4 atom stereocenters. The van der Waals surface area contributed by atoms with Crippen LogP contribution in [0.5, 0.6) is 0 Å². The third kappa shape index (κ3) is 26.0. The predicted molar refractivity (Wildman–Crippen MR) is 142 cm³/mol. The highest BCUT2D eigenvalue weighted by Crippen LogP contribution is 2.21. The van der Waals surface area contributed by atoms with Crippen molar-refractivity contribution in [3.05, 3.63) is 0 Å². The normalized spacial score (nSPS) is 15.6. The van der Waals surface area contributed by atoms with Gasteiger partial charge >= 0.3 is 0 Å². The quantitative estimate of drug-likeness (QED) is 0.205. The van der Waals surface area contributed by atoms with Gasteiger partial charge in [0.2, 0.25) is 0 Å². The van der Waals surface area contributed by atoms with Crippen LogP contribution >= 0.6 is 0 Å². The molecule has 0 aliphatic rings. The lowest BCUT2D eigenvalue weighted by atomic mass is 9.93. The summed E-state index contributed by atoms with van der Waals surface area (Å²) in [6, 6.07) is 0. The van der Waals surface area contributed by atoms with Gasteiger partial charge in [-0.25, -0.2) is 0 Å². The molecule has 0 aliphatic carbocycles. The molecule has 4 unspecified atom stereocenters. The van der Waals surface area contributed by atoms with Crippen LogP contribution in [0.15, 0.2) is 0 Å². The molecule has 0 aromatic rings. The van der Waals surface area contributed by atoms with Crippen LogP contribution in [0.3, 0.4) is 0 Å². The van der Waals surface area contributed by atoms with Crippen molar-refractivity contribution in [1.29, 1.82) is 0 Å². The van der Waals surface area contributed by atoms with Gasteiger partial charge in [0.1, 0.15) is 0 Å². The average Bonchev–Trinajstić information content (AvgIpc) is 2.67. The highest BCUT2D eigenvalue weighted by molar-refractivity contribution is 4.59. The highest BCUT2D eigenvalue weighted by atomic mass is 14.1. The minimum absolute atomic E-state index is 0.886. The third-order valence-electron chi connectivity index (χ3n) is 7.14. The van der Waals surface area contributed by atoms with E-state index in [0.29, 0.717) is 0 Å². The molecule has 0 spiro atoms. The molecule has 0 bridgehead atoms. The van der Waals surface area contributed by atoms with Gasteiger partial charge in [-0.15, -0.1) is 0 Å². The van der Waals surface area contributed by atoms with E-state index >= 15 is 0 Å². The molecule has 0 saturated heterocycles. The topological polar surface area (TPSA) is 0 Å². The predicted octanol–water partition coefficient (Wildman–Crippen LogP) is 11.3. The third-order valence-corrected chi connectivity index (χ3v) is 7.14. The molecule has 30 heavy (non-hydrogen) atoms. The van der Waals surface area contributed by atoms with Crippen molar-refractivity contribution in [2.24, 2.45) is 35.5 Å². The van der Waals surface area contributed by atoms with E-state index in [-0.39, 0.29) is 0 Å². The van der Waals surface area contributed by atoms with E-state index in [0.717, 1.165) is 35.5 Å². The minimum Gasteiger partial charge on any atom is -0.0651 e. The zero-order valence-electron chi connectivity index (χ0n) is 23.4. The van der Waals surface area contributed by atoms with Crippen molar-refractivity contribution in [2.75, 3.05) is 0 Å². The van der Waals surface area contributed by atoms with Crippen LogP contribution in [-0.2, 0) is 0 Å². The van der Waals surface area contributed by atoms with E-state index in [4.69, 9.17) is 0 Å². The Kier molecular flexibility index (Phi) is 23.8. The van der Waals surface area contributed by atoms with Gasteiger partial charge in [0.15, 0.2) is 0 Å². The van der Waals surface area contributed by atoms with Gasteiger partial charge < -0.3 is 0 Å². The summed E-state index contributed by atoms with van der Waals surface area (Å²) in [5.74, 6) is 5.55. The van der Waals surface area contributed by atoms with E-state index in [1.165, 1.54) is 89.9 Å². The molecule has 0 aromatic heterocycles. The first kappa shape index (κ1) is 32.2. The van der Waals surface area contributed by atoms with Gasteiger partial charge in [0, 0.05) is 0 Å². The molecule has 0 aromatic carbocycles. The Hall–Kier alpha value is 0. The van der Waals surface area contributed by atoms with Crippen LogP contribution in [0.1, 0.15) is 159 Å². The Balaban J connectivity index is 0. The van der Waals surface area contributed by atoms with Gasteiger partial charge in [0.05, 0.1) is 0 Å². The van der Waals surface area contributed by atoms with Gasteiger partial charge in [-0.3, -0.25) is 0 Å². The molecule has 184 valence electrons. The molecule has 0 fully saturated rings. The Bertz CT molecular complexity index is 284. The lowest BCUT2D eigenvalue weighted by molar-refractivity contribution is 0.397. The summed E-state index contributed by atoms with van der Waals surface area (Å²) in [5, 5.41) is 0. The smallest absolute Gasteiger partial charge is 0.0443 e. The van der Waals surface area contributed by atoms with E-state index < -0.39 is 0 Å². The van der Waals surface area contributed by atoms with Gasteiger partial charge in [-0.2, -0.15) is 0 Å². The molecule has 0 rings (SSSR count). The van der Waals surface area contributed by atoms with Gasteiger partial charge in [-0.1, -0.05) is 159 Å². The first-order valence-electron chi connectivity index (χ1n) is 14.1. The highest BCUT2D eigenvalue weighted by Gasteiger charge is 2.06. The van der Waals surface area contributed by atoms with Crippen molar-refractivity contribution in [3.63, 3.8) is 0 Å². The second-order valence-electron chi connectivity index (χ2n) is 11.7. The number of hydrogen-bond acceptors (Lipinski definition) is 0. The molecule has 0 heteroatoms. The molecule has 0 radical (unpaired) electrons. The summed E-state index contributed by atoms with van der Waals surface area (Å²) in [6.45, 7) is 23.5. The van der Waals surface area contributed by atoms with Crippen molar-refractivity contribution in [2.45, 2.75) is 159 Å². The van der Waals surface area contributed by atoms with Crippen molar-refractivity contribution in [1.82, 2.24) is 0 Å². The Morgan fingerprint density at radius 3 is 0.800 bits per heavy atom. The molecular formula is C30H64. The number of rotatable bonds is 18. The molecule has 0 heterocycles. The van der Waals surface area contributed by atoms with E-state index in [1.807, 2.05) is 0 Å². The summed E-state index contributed by atoms with van der Waals surface area (Å²) in [7, 11) is 0. The zero-order valence-corrected chi connectivity index (χ0v) is 23.4. The van der Waals surface area contributed by atoms with Crippen molar-refractivity contribution < 1.29 is 0 Å². The molecule has 0 saturated carbocycles. The molecule has 0 aliphatic heterocycles. The summed E-state index contributed by atoms with van der Waals surface area (Å²) < 4.78 is 0. The maximum Gasteiger partial charge on any atom is -0.0443 e. The Morgan fingerprint density at radius 1 is 0.333 bits per heavy atom. The summed E-state index contributed by atoms with van der Waals surface area (Å²) in [4.78, 5) is 0. The second kappa shape index (κ2) is 22.2. The summed E-state index contributed by atoms with van der Waals surface area (Å²) in [5.41, 5.74) is 0.